The molecule has 0 spiro atoms. The summed E-state index contributed by atoms with van der Waals surface area (Å²) in [5, 5.41) is 0. The molecule has 1 heterocycles. The quantitative estimate of drug-likeness (QED) is 0.556. The number of carbonyl (C=O) groups is 3. The summed E-state index contributed by atoms with van der Waals surface area (Å²) in [6.45, 7) is 4.75. The summed E-state index contributed by atoms with van der Waals surface area (Å²) in [4.78, 5) is 37.6. The van der Waals surface area contributed by atoms with Gasteiger partial charge in [-0.2, -0.15) is 0 Å². The van der Waals surface area contributed by atoms with Crippen molar-refractivity contribution < 1.29 is 28.6 Å². The molecule has 4 atom stereocenters. The first-order chi connectivity index (χ1) is 12.0. The molecule has 1 saturated heterocycles. The van der Waals surface area contributed by atoms with Crippen molar-refractivity contribution in [1.29, 1.82) is 0 Å². The molecule has 0 unspecified atom stereocenters. The molecular weight excluding hydrogens is 326 g/mol. The van der Waals surface area contributed by atoms with Crippen molar-refractivity contribution in [3.8, 4) is 0 Å². The highest BCUT2D eigenvalue weighted by atomic mass is 16.6. The Morgan fingerprint density at radius 3 is 2.36 bits per heavy atom. The van der Waals surface area contributed by atoms with Gasteiger partial charge in [-0.1, -0.05) is 0 Å². The molecule has 2 aliphatic rings. The molecule has 7 heteroatoms. The van der Waals surface area contributed by atoms with E-state index in [9.17, 15) is 14.4 Å². The van der Waals surface area contributed by atoms with Crippen molar-refractivity contribution >= 4 is 18.0 Å². The van der Waals surface area contributed by atoms with Gasteiger partial charge >= 0.3 is 18.0 Å². The van der Waals surface area contributed by atoms with Gasteiger partial charge in [-0.25, -0.2) is 9.59 Å². The second-order valence-corrected chi connectivity index (χ2v) is 6.83. The van der Waals surface area contributed by atoms with Crippen molar-refractivity contribution in [2.24, 2.45) is 17.8 Å². The van der Waals surface area contributed by atoms with Crippen LogP contribution < -0.4 is 0 Å². The summed E-state index contributed by atoms with van der Waals surface area (Å²) in [6, 6.07) is -0.602. The number of hydrogen-bond donors (Lipinski definition) is 0. The average Bonchev–Trinajstić information content (AvgIpc) is 2.60. The zero-order valence-corrected chi connectivity index (χ0v) is 15.4. The third-order valence-electron chi connectivity index (χ3n) is 5.31. The van der Waals surface area contributed by atoms with Crippen molar-refractivity contribution in [2.75, 3.05) is 26.9 Å². The number of ether oxygens (including phenoxy) is 3. The fourth-order valence-corrected chi connectivity index (χ4v) is 4.17. The van der Waals surface area contributed by atoms with Crippen LogP contribution in [-0.4, -0.2) is 55.8 Å². The van der Waals surface area contributed by atoms with Gasteiger partial charge in [-0.05, 0) is 57.3 Å². The molecular formula is C18H29NO6. The summed E-state index contributed by atoms with van der Waals surface area (Å²) in [7, 11) is 1.33. The maximum atomic E-state index is 12.3. The fraction of sp³-hybridized carbons (Fsp3) is 0.833. The van der Waals surface area contributed by atoms with Crippen LogP contribution in [0.4, 0.5) is 4.79 Å². The molecule has 1 aliphatic carbocycles. The lowest BCUT2D eigenvalue weighted by Crippen LogP contribution is -2.55. The molecule has 25 heavy (non-hydrogen) atoms. The van der Waals surface area contributed by atoms with Gasteiger partial charge in [-0.3, -0.25) is 9.69 Å². The molecule has 0 bridgehead atoms. The van der Waals surface area contributed by atoms with Gasteiger partial charge in [0.15, 0.2) is 0 Å². The van der Waals surface area contributed by atoms with Crippen molar-refractivity contribution in [1.82, 2.24) is 4.90 Å². The maximum Gasteiger partial charge on any atom is 0.410 e. The molecule has 0 radical (unpaired) electrons. The fourth-order valence-electron chi connectivity index (χ4n) is 4.17. The van der Waals surface area contributed by atoms with Gasteiger partial charge in [0.1, 0.15) is 6.04 Å². The molecule has 1 amide bonds. The van der Waals surface area contributed by atoms with Gasteiger partial charge < -0.3 is 14.2 Å². The van der Waals surface area contributed by atoms with Gasteiger partial charge in [0.2, 0.25) is 0 Å². The van der Waals surface area contributed by atoms with Gasteiger partial charge in [0.25, 0.3) is 0 Å². The highest BCUT2D eigenvalue weighted by Crippen LogP contribution is 2.42. The van der Waals surface area contributed by atoms with E-state index in [1.807, 2.05) is 0 Å². The molecule has 142 valence electrons. The van der Waals surface area contributed by atoms with Crippen molar-refractivity contribution in [2.45, 2.75) is 52.0 Å². The lowest BCUT2D eigenvalue weighted by molar-refractivity contribution is -0.153. The second-order valence-electron chi connectivity index (χ2n) is 6.83. The summed E-state index contributed by atoms with van der Waals surface area (Å²) >= 11 is 0. The molecule has 0 aromatic carbocycles. The number of hydrogen-bond acceptors (Lipinski definition) is 6. The topological polar surface area (TPSA) is 82.1 Å². The number of likely N-dealkylation sites (tertiary alicyclic amines) is 1. The van der Waals surface area contributed by atoms with E-state index in [0.717, 1.165) is 19.3 Å². The van der Waals surface area contributed by atoms with E-state index in [4.69, 9.17) is 14.2 Å². The zero-order valence-electron chi connectivity index (χ0n) is 15.4. The largest absolute Gasteiger partial charge is 0.466 e. The van der Waals surface area contributed by atoms with Crippen LogP contribution in [0.25, 0.3) is 0 Å². The second kappa shape index (κ2) is 9.06. The number of fused-ring (bicyclic) bond motifs is 1. The number of piperidine rings is 1. The first-order valence-corrected chi connectivity index (χ1v) is 9.16. The van der Waals surface area contributed by atoms with Gasteiger partial charge in [0.05, 0.1) is 20.3 Å². The number of amides is 1. The van der Waals surface area contributed by atoms with E-state index in [0.29, 0.717) is 37.8 Å². The van der Waals surface area contributed by atoms with Crippen LogP contribution in [0.1, 0.15) is 46.0 Å². The summed E-state index contributed by atoms with van der Waals surface area (Å²) < 4.78 is 15.0. The van der Waals surface area contributed by atoms with Gasteiger partial charge in [0, 0.05) is 13.0 Å². The molecule has 2 rings (SSSR count). The van der Waals surface area contributed by atoms with E-state index in [1.165, 1.54) is 12.0 Å². The van der Waals surface area contributed by atoms with Crippen molar-refractivity contribution in [3.63, 3.8) is 0 Å². The number of nitrogens with zero attached hydrogens (tertiary/aromatic N) is 1. The number of rotatable bonds is 5. The molecule has 7 nitrogen and oxygen atoms in total. The Bertz CT molecular complexity index is 494. The minimum absolute atomic E-state index is 0.153. The predicted octanol–water partition coefficient (Wildman–Crippen LogP) is 2.38. The Morgan fingerprint density at radius 2 is 1.72 bits per heavy atom. The molecule has 1 aliphatic heterocycles. The van der Waals surface area contributed by atoms with E-state index in [1.54, 1.807) is 13.8 Å². The van der Waals surface area contributed by atoms with Crippen molar-refractivity contribution in [3.05, 3.63) is 0 Å². The van der Waals surface area contributed by atoms with Crippen LogP contribution >= 0.6 is 0 Å². The van der Waals surface area contributed by atoms with Crippen LogP contribution in [0.3, 0.4) is 0 Å². The molecule has 1 saturated carbocycles. The summed E-state index contributed by atoms with van der Waals surface area (Å²) in [6.07, 6.45) is 3.29. The Hall–Kier alpha value is -1.79. The predicted molar refractivity (Wildman–Crippen MR) is 89.7 cm³/mol. The SMILES string of the molecule is CCOC(=O)C[C@H]1CC[C@H]2CN(C(=O)OC)[C@H](C(=O)OCC)C[C@H]2C1. The lowest BCUT2D eigenvalue weighted by atomic mass is 9.68. The van der Waals surface area contributed by atoms with Gasteiger partial charge in [-0.15, -0.1) is 0 Å². The normalized spacial score (nSPS) is 28.7. The Morgan fingerprint density at radius 1 is 1.00 bits per heavy atom. The van der Waals surface area contributed by atoms with E-state index in [-0.39, 0.29) is 24.5 Å². The monoisotopic (exact) mass is 355 g/mol. The molecule has 0 aromatic rings. The van der Waals surface area contributed by atoms with E-state index in [2.05, 4.69) is 0 Å². The summed E-state index contributed by atoms with van der Waals surface area (Å²) in [5.41, 5.74) is 0. The standard InChI is InChI=1S/C18H29NO6/c1-4-24-16(20)9-12-6-7-13-11-19(18(22)23-3)15(10-14(13)8-12)17(21)25-5-2/h12-15H,4-11H2,1-3H3/t12-,13-,14+,15-/m0/s1. The smallest absolute Gasteiger partial charge is 0.410 e. The minimum atomic E-state index is -0.602. The van der Waals surface area contributed by atoms with E-state index < -0.39 is 12.1 Å². The van der Waals surface area contributed by atoms with Crippen LogP contribution in [0.2, 0.25) is 0 Å². The molecule has 0 N–H and O–H groups in total. The number of methoxy groups -OCH3 is 1. The number of carbonyl (C=O) groups excluding carboxylic acids is 3. The average molecular weight is 355 g/mol. The first-order valence-electron chi connectivity index (χ1n) is 9.16. The number of esters is 2. The third kappa shape index (κ3) is 4.86. The van der Waals surface area contributed by atoms with E-state index >= 15 is 0 Å². The first kappa shape index (κ1) is 19.5. The highest BCUT2D eigenvalue weighted by Gasteiger charge is 2.44. The maximum absolute atomic E-state index is 12.3. The summed E-state index contributed by atoms with van der Waals surface area (Å²) in [5.74, 6) is 0.401. The minimum Gasteiger partial charge on any atom is -0.466 e. The zero-order chi connectivity index (χ0) is 18.4. The lowest BCUT2D eigenvalue weighted by Gasteiger charge is -2.46. The Labute approximate surface area is 149 Å². The Kier molecular flexibility index (Phi) is 7.08. The van der Waals surface area contributed by atoms with Crippen LogP contribution in [0, 0.1) is 17.8 Å². The molecule has 0 aromatic heterocycles. The third-order valence-corrected chi connectivity index (χ3v) is 5.31. The molecule has 2 fully saturated rings. The Balaban J connectivity index is 2.03. The van der Waals surface area contributed by atoms with Crippen LogP contribution in [-0.2, 0) is 23.8 Å². The van der Waals surface area contributed by atoms with Crippen LogP contribution in [0.15, 0.2) is 0 Å². The highest BCUT2D eigenvalue weighted by molar-refractivity contribution is 5.81. The van der Waals surface area contributed by atoms with Crippen LogP contribution in [0.5, 0.6) is 0 Å².